The zero-order valence-corrected chi connectivity index (χ0v) is 19.4. The summed E-state index contributed by atoms with van der Waals surface area (Å²) < 4.78 is 125. The van der Waals surface area contributed by atoms with Crippen LogP contribution < -0.4 is 4.90 Å². The number of halogens is 9. The van der Waals surface area contributed by atoms with Crippen molar-refractivity contribution in [2.75, 3.05) is 50.8 Å². The molecule has 0 spiro atoms. The Morgan fingerprint density at radius 2 is 1.58 bits per heavy atom. The number of alkyl halides is 9. The van der Waals surface area contributed by atoms with E-state index in [4.69, 9.17) is 4.74 Å². The van der Waals surface area contributed by atoms with E-state index in [9.17, 15) is 54.2 Å². The first-order valence-electron chi connectivity index (χ1n) is 11.1. The van der Waals surface area contributed by atoms with Crippen molar-refractivity contribution in [2.45, 2.75) is 37.3 Å². The zero-order valence-electron chi connectivity index (χ0n) is 19.4. The van der Waals surface area contributed by atoms with Crippen molar-refractivity contribution in [1.29, 1.82) is 0 Å². The number of hydrogen-bond acceptors (Lipinski definition) is 6. The number of anilines is 1. The van der Waals surface area contributed by atoms with Crippen LogP contribution in [-0.2, 0) is 27.0 Å². The molecule has 1 aromatic rings. The number of benzene rings is 1. The van der Waals surface area contributed by atoms with Crippen molar-refractivity contribution in [3.63, 3.8) is 0 Å². The Hall–Kier alpha value is -2.95. The van der Waals surface area contributed by atoms with Gasteiger partial charge in [-0.1, -0.05) is 6.07 Å². The molecule has 2 fully saturated rings. The summed E-state index contributed by atoms with van der Waals surface area (Å²) in [4.78, 5) is 27.0. The maximum atomic E-state index is 13.3. The molecule has 0 radical (unpaired) electrons. The fourth-order valence-corrected chi connectivity index (χ4v) is 4.01. The van der Waals surface area contributed by atoms with Gasteiger partial charge in [0.2, 0.25) is 0 Å². The van der Waals surface area contributed by atoms with Crippen LogP contribution in [0.15, 0.2) is 18.2 Å². The fraction of sp³-hybridized carbons (Fsp3) is 0.619. The van der Waals surface area contributed by atoms with Crippen LogP contribution in [0.25, 0.3) is 0 Å². The summed E-state index contributed by atoms with van der Waals surface area (Å²) in [6.45, 7) is -0.798. The van der Waals surface area contributed by atoms with Crippen LogP contribution in [0.1, 0.15) is 11.1 Å². The van der Waals surface area contributed by atoms with Gasteiger partial charge < -0.3 is 24.4 Å². The Bertz CT molecular complexity index is 994. The summed E-state index contributed by atoms with van der Waals surface area (Å²) in [5, 5.41) is 9.22. The quantitative estimate of drug-likeness (QED) is 0.543. The number of carboxylic acid groups (broad SMARTS) is 1. The molecule has 0 aliphatic carbocycles. The molecule has 1 atom stereocenters. The Morgan fingerprint density at radius 1 is 0.974 bits per heavy atom. The number of nitrogens with zero attached hydrogens (tertiary/aromatic N) is 3. The molecule has 0 bridgehead atoms. The molecule has 2 aliphatic heterocycles. The van der Waals surface area contributed by atoms with E-state index in [1.54, 1.807) is 4.90 Å². The smallest absolute Gasteiger partial charge is 0.434 e. The first kappa shape index (κ1) is 29.6. The Balaban J connectivity index is 1.70. The molecular formula is C21H22F9N3O5. The minimum absolute atomic E-state index is 0.0131. The van der Waals surface area contributed by atoms with Crippen LogP contribution in [0.3, 0.4) is 0 Å². The summed E-state index contributed by atoms with van der Waals surface area (Å²) in [5.74, 6) is -1.29. The molecule has 2 aliphatic rings. The number of rotatable bonds is 5. The van der Waals surface area contributed by atoms with Crippen LogP contribution in [0.2, 0.25) is 0 Å². The normalized spacial score (nSPS) is 20.1. The van der Waals surface area contributed by atoms with Crippen LogP contribution >= 0.6 is 0 Å². The number of carbonyl (C=O) groups excluding carboxylic acids is 1. The third-order valence-corrected chi connectivity index (χ3v) is 5.93. The highest BCUT2D eigenvalue weighted by atomic mass is 19.4. The van der Waals surface area contributed by atoms with Crippen molar-refractivity contribution in [1.82, 2.24) is 9.80 Å². The lowest BCUT2D eigenvalue weighted by Crippen LogP contribution is -2.52. The van der Waals surface area contributed by atoms with E-state index < -0.39 is 48.4 Å². The van der Waals surface area contributed by atoms with Gasteiger partial charge in [0.15, 0.2) is 6.10 Å². The summed E-state index contributed by atoms with van der Waals surface area (Å²) in [5.41, 5.74) is -0.491. The largest absolute Gasteiger partial charge is 0.479 e. The van der Waals surface area contributed by atoms with E-state index in [-0.39, 0.29) is 58.1 Å². The standard InChI is InChI=1S/C21H22F9N3O5/c22-19(23,24)13-2-1-12(14(9-13)33-7-8-37-15(11-33)16(34)35)10-31-3-5-32(6-4-31)18(36)38-17(20(25,26)27)21(28,29)30/h1-2,9,15,17H,3-8,10-11H2,(H,34,35). The highest BCUT2D eigenvalue weighted by Crippen LogP contribution is 2.37. The second kappa shape index (κ2) is 11.0. The minimum atomic E-state index is -5.85. The van der Waals surface area contributed by atoms with Gasteiger partial charge in [-0.15, -0.1) is 0 Å². The van der Waals surface area contributed by atoms with Crippen molar-refractivity contribution in [3.8, 4) is 0 Å². The average Bonchev–Trinajstić information content (AvgIpc) is 2.81. The van der Waals surface area contributed by atoms with Crippen LogP contribution in [-0.4, -0.2) is 97.4 Å². The second-order valence-corrected chi connectivity index (χ2v) is 8.60. The van der Waals surface area contributed by atoms with Crippen molar-refractivity contribution >= 4 is 17.7 Å². The fourth-order valence-electron chi connectivity index (χ4n) is 4.01. The zero-order chi connectivity index (χ0) is 28.5. The maximum Gasteiger partial charge on any atom is 0.434 e. The Labute approximate surface area is 209 Å². The van der Waals surface area contributed by atoms with Crippen LogP contribution in [0.4, 0.5) is 50.0 Å². The maximum absolute atomic E-state index is 13.3. The predicted molar refractivity (Wildman–Crippen MR) is 110 cm³/mol. The van der Waals surface area contributed by atoms with Gasteiger partial charge in [-0.25, -0.2) is 9.59 Å². The molecule has 38 heavy (non-hydrogen) atoms. The van der Waals surface area contributed by atoms with Gasteiger partial charge in [0, 0.05) is 45.0 Å². The lowest BCUT2D eigenvalue weighted by atomic mass is 10.1. The SMILES string of the molecule is O=C(O)C1CN(c2cc(C(F)(F)F)ccc2CN2CCN(C(=O)OC(C(F)(F)F)C(F)(F)F)CC2)CCO1. The minimum Gasteiger partial charge on any atom is -0.479 e. The summed E-state index contributed by atoms with van der Waals surface area (Å²) in [7, 11) is 0. The second-order valence-electron chi connectivity index (χ2n) is 8.60. The van der Waals surface area contributed by atoms with Crippen LogP contribution in [0.5, 0.6) is 0 Å². The monoisotopic (exact) mass is 567 g/mol. The highest BCUT2D eigenvalue weighted by molar-refractivity contribution is 5.74. The summed E-state index contributed by atoms with van der Waals surface area (Å²) in [6.07, 6.45) is -23.7. The lowest BCUT2D eigenvalue weighted by molar-refractivity contribution is -0.308. The number of aliphatic carboxylic acids is 1. The van der Waals surface area contributed by atoms with E-state index in [0.29, 0.717) is 10.5 Å². The molecule has 8 nitrogen and oxygen atoms in total. The Morgan fingerprint density at radius 3 is 2.11 bits per heavy atom. The lowest BCUT2D eigenvalue weighted by Gasteiger charge is -2.37. The average molecular weight is 567 g/mol. The predicted octanol–water partition coefficient (Wildman–Crippen LogP) is 3.74. The molecule has 1 unspecified atom stereocenters. The molecule has 214 valence electrons. The number of carbonyl (C=O) groups is 2. The first-order valence-corrected chi connectivity index (χ1v) is 11.1. The van der Waals surface area contributed by atoms with E-state index in [0.717, 1.165) is 12.1 Å². The molecule has 0 saturated carbocycles. The van der Waals surface area contributed by atoms with Crippen molar-refractivity contribution in [2.24, 2.45) is 0 Å². The van der Waals surface area contributed by atoms with Gasteiger partial charge in [0.25, 0.3) is 6.10 Å². The number of carboxylic acids is 1. The van der Waals surface area contributed by atoms with Crippen LogP contribution in [0, 0.1) is 0 Å². The molecule has 3 rings (SSSR count). The third-order valence-electron chi connectivity index (χ3n) is 5.93. The third kappa shape index (κ3) is 7.33. The molecular weight excluding hydrogens is 545 g/mol. The molecule has 17 heteroatoms. The van der Waals surface area contributed by atoms with Gasteiger partial charge in [-0.3, -0.25) is 4.90 Å². The highest BCUT2D eigenvalue weighted by Gasteiger charge is 2.60. The van der Waals surface area contributed by atoms with Crippen molar-refractivity contribution in [3.05, 3.63) is 29.3 Å². The summed E-state index contributed by atoms with van der Waals surface area (Å²) in [6, 6.07) is 2.93. The number of ether oxygens (including phenoxy) is 2. The van der Waals surface area contributed by atoms with Gasteiger partial charge in [-0.05, 0) is 17.7 Å². The van der Waals surface area contributed by atoms with E-state index in [1.165, 1.54) is 11.0 Å². The molecule has 1 amide bonds. The number of morpholine rings is 1. The van der Waals surface area contributed by atoms with Gasteiger partial charge in [0.05, 0.1) is 18.7 Å². The van der Waals surface area contributed by atoms with Gasteiger partial charge >= 0.3 is 30.6 Å². The molecule has 1 aromatic carbocycles. The van der Waals surface area contributed by atoms with Crippen molar-refractivity contribution < 1.29 is 63.7 Å². The molecule has 0 aromatic heterocycles. The van der Waals surface area contributed by atoms with Gasteiger partial charge in [-0.2, -0.15) is 39.5 Å². The molecule has 1 N–H and O–H groups in total. The number of piperazine rings is 1. The molecule has 2 saturated heterocycles. The number of amides is 1. The molecule has 2 heterocycles. The number of hydrogen-bond donors (Lipinski definition) is 1. The van der Waals surface area contributed by atoms with E-state index in [1.807, 2.05) is 0 Å². The van der Waals surface area contributed by atoms with Gasteiger partial charge in [0.1, 0.15) is 0 Å². The summed E-state index contributed by atoms with van der Waals surface area (Å²) >= 11 is 0. The first-order chi connectivity index (χ1) is 17.5. The Kier molecular flexibility index (Phi) is 8.60. The van der Waals surface area contributed by atoms with E-state index in [2.05, 4.69) is 4.74 Å². The topological polar surface area (TPSA) is 82.6 Å². The van der Waals surface area contributed by atoms with E-state index >= 15 is 0 Å².